The molecule has 1 atom stereocenters. The van der Waals surface area contributed by atoms with E-state index in [1.54, 1.807) is 12.1 Å². The monoisotopic (exact) mass is 366 g/mol. The summed E-state index contributed by atoms with van der Waals surface area (Å²) in [4.78, 5) is 4.38. The number of aryl methyl sites for hydroxylation is 1. The van der Waals surface area contributed by atoms with Crippen LogP contribution in [-0.2, 0) is 19.4 Å². The third-order valence-electron chi connectivity index (χ3n) is 4.22. The van der Waals surface area contributed by atoms with Crippen molar-refractivity contribution in [1.29, 1.82) is 0 Å². The Hall–Kier alpha value is -1.72. The second-order valence-corrected chi connectivity index (χ2v) is 6.82. The van der Waals surface area contributed by atoms with Crippen molar-refractivity contribution < 1.29 is 4.52 Å². The smallest absolute Gasteiger partial charge is 0.189 e. The van der Waals surface area contributed by atoms with E-state index in [4.69, 9.17) is 33.5 Å². The molecule has 0 amide bonds. The molecule has 0 saturated heterocycles. The average molecular weight is 367 g/mol. The predicted molar refractivity (Wildman–Crippen MR) is 96.5 cm³/mol. The summed E-state index contributed by atoms with van der Waals surface area (Å²) in [5, 5.41) is 8.47. The first-order chi connectivity index (χ1) is 11.5. The van der Waals surface area contributed by atoms with Gasteiger partial charge in [-0.25, -0.2) is 4.99 Å². The number of fused-ring (bicyclic) bond motifs is 1. The summed E-state index contributed by atoms with van der Waals surface area (Å²) in [6.45, 7) is 2.38. The molecule has 128 valence electrons. The molecule has 1 aliphatic carbocycles. The molecule has 0 saturated carbocycles. The number of aromatic nitrogens is 1. The molecule has 1 unspecified atom stereocenters. The maximum Gasteiger partial charge on any atom is 0.189 e. The number of hydrogen-bond acceptors (Lipinski definition) is 3. The lowest BCUT2D eigenvalue weighted by Gasteiger charge is -2.16. The number of nitrogens with zero attached hydrogens (tertiary/aromatic N) is 2. The van der Waals surface area contributed by atoms with Gasteiger partial charge in [0.05, 0.1) is 12.6 Å². The Balaban J connectivity index is 1.65. The van der Waals surface area contributed by atoms with Crippen LogP contribution in [0.25, 0.3) is 0 Å². The Morgan fingerprint density at radius 2 is 2.17 bits per heavy atom. The van der Waals surface area contributed by atoms with Crippen molar-refractivity contribution in [1.82, 2.24) is 10.5 Å². The fraction of sp³-hybridized carbons (Fsp3) is 0.412. The van der Waals surface area contributed by atoms with Gasteiger partial charge in [-0.1, -0.05) is 34.4 Å². The highest BCUT2D eigenvalue weighted by Crippen LogP contribution is 2.26. The third-order valence-corrected chi connectivity index (χ3v) is 4.79. The van der Waals surface area contributed by atoms with E-state index in [1.807, 2.05) is 13.0 Å². The number of aliphatic imine (C=N–C) groups is 1. The minimum Gasteiger partial charge on any atom is -0.370 e. The van der Waals surface area contributed by atoms with Crippen LogP contribution in [0, 0.1) is 0 Å². The summed E-state index contributed by atoms with van der Waals surface area (Å²) < 4.78 is 5.39. The van der Waals surface area contributed by atoms with Crippen molar-refractivity contribution in [2.75, 3.05) is 0 Å². The standard InChI is InChI=1S/C17H20Cl2N4O/c1-10(12-7-6-11(18)8-14(12)19)22-17(20)21-9-15-13-4-2-3-5-16(13)24-23-15/h6-8,10H,2-5,9H2,1H3,(H3,20,21,22). The number of nitrogens with one attached hydrogen (secondary N) is 1. The highest BCUT2D eigenvalue weighted by atomic mass is 35.5. The van der Waals surface area contributed by atoms with Gasteiger partial charge in [0.25, 0.3) is 0 Å². The van der Waals surface area contributed by atoms with E-state index in [1.165, 1.54) is 12.0 Å². The van der Waals surface area contributed by atoms with Gasteiger partial charge in [0.2, 0.25) is 0 Å². The van der Waals surface area contributed by atoms with E-state index >= 15 is 0 Å². The molecule has 1 heterocycles. The normalized spacial score (nSPS) is 15.9. The van der Waals surface area contributed by atoms with Crippen LogP contribution in [0.2, 0.25) is 10.0 Å². The van der Waals surface area contributed by atoms with Crippen molar-refractivity contribution in [3.8, 4) is 0 Å². The number of hydrogen-bond donors (Lipinski definition) is 2. The van der Waals surface area contributed by atoms with Gasteiger partial charge in [-0.2, -0.15) is 0 Å². The summed E-state index contributed by atoms with van der Waals surface area (Å²) in [7, 11) is 0. The number of guanidine groups is 1. The van der Waals surface area contributed by atoms with Crippen molar-refractivity contribution in [2.24, 2.45) is 10.7 Å². The third kappa shape index (κ3) is 3.84. The molecule has 5 nitrogen and oxygen atoms in total. The van der Waals surface area contributed by atoms with Crippen molar-refractivity contribution in [2.45, 2.75) is 45.2 Å². The minimum atomic E-state index is -0.0789. The molecule has 0 radical (unpaired) electrons. The van der Waals surface area contributed by atoms with Crippen LogP contribution in [0.4, 0.5) is 0 Å². The fourth-order valence-corrected chi connectivity index (χ4v) is 3.50. The molecule has 3 rings (SSSR count). The van der Waals surface area contributed by atoms with Crippen molar-refractivity contribution >= 4 is 29.2 Å². The molecular weight excluding hydrogens is 347 g/mol. The summed E-state index contributed by atoms with van der Waals surface area (Å²) in [5.74, 6) is 1.35. The first-order valence-electron chi connectivity index (χ1n) is 8.02. The van der Waals surface area contributed by atoms with E-state index in [-0.39, 0.29) is 6.04 Å². The Morgan fingerprint density at radius 3 is 2.96 bits per heavy atom. The highest BCUT2D eigenvalue weighted by Gasteiger charge is 2.19. The quantitative estimate of drug-likeness (QED) is 0.632. The largest absolute Gasteiger partial charge is 0.370 e. The zero-order valence-electron chi connectivity index (χ0n) is 13.5. The molecule has 0 fully saturated rings. The first-order valence-corrected chi connectivity index (χ1v) is 8.78. The maximum atomic E-state index is 6.22. The Labute approximate surface area is 151 Å². The number of halogens is 2. The topological polar surface area (TPSA) is 76.4 Å². The zero-order chi connectivity index (χ0) is 17.1. The predicted octanol–water partition coefficient (Wildman–Crippen LogP) is 4.03. The van der Waals surface area contributed by atoms with Gasteiger partial charge in [0, 0.05) is 22.0 Å². The molecule has 0 bridgehead atoms. The minimum absolute atomic E-state index is 0.0789. The van der Waals surface area contributed by atoms with Gasteiger partial charge >= 0.3 is 0 Å². The van der Waals surface area contributed by atoms with E-state index in [9.17, 15) is 0 Å². The van der Waals surface area contributed by atoms with Crippen molar-refractivity contribution in [3.05, 3.63) is 50.8 Å². The molecule has 1 aromatic heterocycles. The van der Waals surface area contributed by atoms with Gasteiger partial charge in [-0.05, 0) is 43.9 Å². The molecule has 1 aromatic carbocycles. The van der Waals surface area contributed by atoms with E-state index in [0.29, 0.717) is 22.5 Å². The van der Waals surface area contributed by atoms with Gasteiger partial charge in [0.1, 0.15) is 11.5 Å². The van der Waals surface area contributed by atoms with Gasteiger partial charge in [0.15, 0.2) is 5.96 Å². The Kier molecular flexibility index (Phi) is 5.31. The van der Waals surface area contributed by atoms with Gasteiger partial charge in [-0.3, -0.25) is 0 Å². The highest BCUT2D eigenvalue weighted by molar-refractivity contribution is 6.35. The summed E-state index contributed by atoms with van der Waals surface area (Å²) in [6, 6.07) is 5.32. The number of nitrogens with two attached hydrogens (primary N) is 1. The summed E-state index contributed by atoms with van der Waals surface area (Å²) >= 11 is 12.1. The molecule has 2 aromatic rings. The van der Waals surface area contributed by atoms with E-state index in [2.05, 4.69) is 15.5 Å². The molecule has 24 heavy (non-hydrogen) atoms. The lowest BCUT2D eigenvalue weighted by molar-refractivity contribution is 0.368. The van der Waals surface area contributed by atoms with Crippen LogP contribution >= 0.6 is 23.2 Å². The second-order valence-electron chi connectivity index (χ2n) is 5.97. The molecule has 0 aliphatic heterocycles. The zero-order valence-corrected chi connectivity index (χ0v) is 15.0. The molecule has 3 N–H and O–H groups in total. The Morgan fingerprint density at radius 1 is 1.38 bits per heavy atom. The molecule has 0 spiro atoms. The average Bonchev–Trinajstić information content (AvgIpc) is 2.96. The van der Waals surface area contributed by atoms with Crippen LogP contribution in [0.5, 0.6) is 0 Å². The summed E-state index contributed by atoms with van der Waals surface area (Å²) in [6.07, 6.45) is 4.30. The van der Waals surface area contributed by atoms with Crippen LogP contribution in [-0.4, -0.2) is 11.1 Å². The number of rotatable bonds is 4. The maximum absolute atomic E-state index is 6.22. The SMILES string of the molecule is CC(NC(N)=NCc1noc2c1CCCC2)c1ccc(Cl)cc1Cl. The van der Waals surface area contributed by atoms with Crippen molar-refractivity contribution in [3.63, 3.8) is 0 Å². The lowest BCUT2D eigenvalue weighted by Crippen LogP contribution is -2.34. The van der Waals surface area contributed by atoms with Gasteiger partial charge < -0.3 is 15.6 Å². The number of benzene rings is 1. The van der Waals surface area contributed by atoms with E-state index in [0.717, 1.165) is 36.3 Å². The molecular formula is C17H20Cl2N4O. The Bertz CT molecular complexity index is 757. The second kappa shape index (κ2) is 7.45. The molecule has 1 aliphatic rings. The van der Waals surface area contributed by atoms with Crippen LogP contribution in [0.1, 0.15) is 48.4 Å². The molecule has 7 heteroatoms. The van der Waals surface area contributed by atoms with Gasteiger partial charge in [-0.15, -0.1) is 0 Å². The fourth-order valence-electron chi connectivity index (χ4n) is 2.93. The lowest BCUT2D eigenvalue weighted by atomic mass is 9.96. The van der Waals surface area contributed by atoms with Crippen LogP contribution < -0.4 is 11.1 Å². The summed E-state index contributed by atoms with van der Waals surface area (Å²) in [5.41, 5.74) is 8.99. The first kappa shape index (κ1) is 17.1. The van der Waals surface area contributed by atoms with Crippen LogP contribution in [0.15, 0.2) is 27.7 Å². The van der Waals surface area contributed by atoms with Crippen LogP contribution in [0.3, 0.4) is 0 Å². The van der Waals surface area contributed by atoms with E-state index < -0.39 is 0 Å².